The lowest BCUT2D eigenvalue weighted by Crippen LogP contribution is -2.59. The Morgan fingerprint density at radius 3 is 2.70 bits per heavy atom. The van der Waals surface area contributed by atoms with Crippen LogP contribution in [0.5, 0.6) is 11.6 Å². The molecule has 0 saturated carbocycles. The number of pyridine rings is 1. The average molecular weight is 623 g/mol. The minimum Gasteiger partial charge on any atom is -0.437 e. The molecule has 0 atom stereocenters. The molecule has 0 radical (unpaired) electrons. The highest BCUT2D eigenvalue weighted by atomic mass is 79.9. The van der Waals surface area contributed by atoms with Crippen LogP contribution < -0.4 is 15.4 Å². The van der Waals surface area contributed by atoms with Gasteiger partial charge in [0.2, 0.25) is 5.88 Å². The van der Waals surface area contributed by atoms with Gasteiger partial charge in [0.1, 0.15) is 11.4 Å². The number of hydrogen-bond donors (Lipinski definition) is 2. The zero-order chi connectivity index (χ0) is 26.2. The lowest BCUT2D eigenvalue weighted by atomic mass is 9.99. The summed E-state index contributed by atoms with van der Waals surface area (Å²) in [5, 5.41) is 14.4. The van der Waals surface area contributed by atoms with Crippen molar-refractivity contribution in [2.75, 3.05) is 18.5 Å². The number of nitrogens with zero attached hydrogens (tertiary/aromatic N) is 3. The quantitative estimate of drug-likeness (QED) is 0.263. The monoisotopic (exact) mass is 621 g/mol. The van der Waals surface area contributed by atoms with Gasteiger partial charge in [0.05, 0.1) is 35.0 Å². The Morgan fingerprint density at radius 2 is 2.03 bits per heavy atom. The number of carbonyl (C=O) groups excluding carboxylic acids is 2. The molecule has 3 aromatic heterocycles. The molecule has 1 saturated heterocycles. The number of anilines is 1. The third-order valence-corrected chi connectivity index (χ3v) is 7.17. The average Bonchev–Trinajstić information content (AvgIpc) is 3.50. The number of aromatic nitrogens is 3. The van der Waals surface area contributed by atoms with Gasteiger partial charge in [-0.15, -0.1) is 16.4 Å². The number of amides is 2. The van der Waals surface area contributed by atoms with Crippen molar-refractivity contribution in [3.05, 3.63) is 79.1 Å². The van der Waals surface area contributed by atoms with Gasteiger partial charge in [-0.05, 0) is 58.6 Å². The lowest BCUT2D eigenvalue weighted by molar-refractivity contribution is -0.0593. The van der Waals surface area contributed by atoms with Crippen molar-refractivity contribution in [1.82, 2.24) is 20.1 Å². The van der Waals surface area contributed by atoms with Crippen molar-refractivity contribution >= 4 is 68.0 Å². The second-order valence-electron chi connectivity index (χ2n) is 8.42. The number of benzene rings is 1. The molecule has 4 aromatic rings. The van der Waals surface area contributed by atoms with E-state index in [1.165, 1.54) is 34.3 Å². The first-order chi connectivity index (χ1) is 17.7. The SMILES string of the molecule is CC1(NC(=O)c2cc(Cl)cc(Br)c2NC(=O)c2cc(Oc3ccsc3)nn2-c2ncccc2Cl)COC1. The predicted octanol–water partition coefficient (Wildman–Crippen LogP) is 5.96. The van der Waals surface area contributed by atoms with Crippen LogP contribution in [-0.2, 0) is 4.74 Å². The van der Waals surface area contributed by atoms with E-state index in [1.807, 2.05) is 12.3 Å². The minimum atomic E-state index is -0.579. The van der Waals surface area contributed by atoms with E-state index in [0.29, 0.717) is 28.5 Å². The summed E-state index contributed by atoms with van der Waals surface area (Å²) < 4.78 is 12.7. The largest absolute Gasteiger partial charge is 0.437 e. The summed E-state index contributed by atoms with van der Waals surface area (Å²) >= 11 is 17.5. The van der Waals surface area contributed by atoms with E-state index in [0.717, 1.165) is 0 Å². The normalized spacial score (nSPS) is 14.1. The molecule has 5 rings (SSSR count). The molecule has 13 heteroatoms. The number of nitrogens with one attached hydrogen (secondary N) is 2. The maximum absolute atomic E-state index is 13.6. The number of carbonyl (C=O) groups is 2. The van der Waals surface area contributed by atoms with Crippen molar-refractivity contribution in [3.63, 3.8) is 0 Å². The van der Waals surface area contributed by atoms with Crippen LogP contribution in [0, 0.1) is 0 Å². The summed E-state index contributed by atoms with van der Waals surface area (Å²) in [4.78, 5) is 31.0. The van der Waals surface area contributed by atoms with E-state index in [9.17, 15) is 9.59 Å². The van der Waals surface area contributed by atoms with Gasteiger partial charge in [-0.25, -0.2) is 9.67 Å². The molecular formula is C24H18BrCl2N5O4S. The summed E-state index contributed by atoms with van der Waals surface area (Å²) in [5.41, 5.74) is -0.0121. The smallest absolute Gasteiger partial charge is 0.274 e. The number of rotatable bonds is 7. The van der Waals surface area contributed by atoms with Gasteiger partial charge in [0, 0.05) is 27.1 Å². The zero-order valence-corrected chi connectivity index (χ0v) is 23.0. The van der Waals surface area contributed by atoms with Gasteiger partial charge in [0.25, 0.3) is 11.8 Å². The molecule has 0 spiro atoms. The van der Waals surface area contributed by atoms with Crippen molar-refractivity contribution in [2.24, 2.45) is 0 Å². The van der Waals surface area contributed by atoms with Crippen LogP contribution in [0.1, 0.15) is 27.8 Å². The first-order valence-electron chi connectivity index (χ1n) is 10.8. The molecule has 1 aliphatic heterocycles. The molecule has 1 aromatic carbocycles. The van der Waals surface area contributed by atoms with Crippen LogP contribution >= 0.6 is 50.5 Å². The van der Waals surface area contributed by atoms with Gasteiger partial charge in [0.15, 0.2) is 5.82 Å². The molecule has 0 bridgehead atoms. The number of halogens is 3. The molecule has 0 unspecified atom stereocenters. The minimum absolute atomic E-state index is 0.0818. The summed E-state index contributed by atoms with van der Waals surface area (Å²) in [7, 11) is 0. The topological polar surface area (TPSA) is 107 Å². The van der Waals surface area contributed by atoms with Gasteiger partial charge in [-0.2, -0.15) is 0 Å². The van der Waals surface area contributed by atoms with Gasteiger partial charge < -0.3 is 20.1 Å². The van der Waals surface area contributed by atoms with Crippen molar-refractivity contribution in [1.29, 1.82) is 0 Å². The fourth-order valence-electron chi connectivity index (χ4n) is 3.58. The molecular weight excluding hydrogens is 605 g/mol. The Kier molecular flexibility index (Phi) is 7.24. The molecule has 9 nitrogen and oxygen atoms in total. The molecule has 2 amide bonds. The third-order valence-electron chi connectivity index (χ3n) is 5.37. The number of hydrogen-bond acceptors (Lipinski definition) is 7. The summed E-state index contributed by atoms with van der Waals surface area (Å²) in [6.45, 7) is 2.65. The molecule has 1 aliphatic rings. The fraction of sp³-hybridized carbons (Fsp3) is 0.167. The molecule has 2 N–H and O–H groups in total. The number of ether oxygens (including phenoxy) is 2. The maximum Gasteiger partial charge on any atom is 0.274 e. The van der Waals surface area contributed by atoms with Crippen LogP contribution in [0.25, 0.3) is 5.82 Å². The fourth-order valence-corrected chi connectivity index (χ4v) is 5.24. The van der Waals surface area contributed by atoms with Crippen LogP contribution in [0.3, 0.4) is 0 Å². The molecule has 0 aliphatic carbocycles. The zero-order valence-electron chi connectivity index (χ0n) is 19.1. The summed E-state index contributed by atoms with van der Waals surface area (Å²) in [5.74, 6) is -0.0184. The van der Waals surface area contributed by atoms with Gasteiger partial charge >= 0.3 is 0 Å². The van der Waals surface area contributed by atoms with Crippen molar-refractivity contribution < 1.29 is 19.1 Å². The Morgan fingerprint density at radius 1 is 1.22 bits per heavy atom. The van der Waals surface area contributed by atoms with Crippen LogP contribution in [-0.4, -0.2) is 45.3 Å². The first-order valence-corrected chi connectivity index (χ1v) is 13.3. The van der Waals surface area contributed by atoms with Crippen molar-refractivity contribution in [2.45, 2.75) is 12.5 Å². The summed E-state index contributed by atoms with van der Waals surface area (Å²) in [6.07, 6.45) is 1.53. The van der Waals surface area contributed by atoms with E-state index in [-0.39, 0.29) is 33.7 Å². The Balaban J connectivity index is 1.51. The van der Waals surface area contributed by atoms with Gasteiger partial charge in [-0.3, -0.25) is 9.59 Å². The molecule has 1 fully saturated rings. The molecule has 4 heterocycles. The second kappa shape index (κ2) is 10.4. The molecule has 37 heavy (non-hydrogen) atoms. The van der Waals surface area contributed by atoms with Crippen LogP contribution in [0.2, 0.25) is 10.0 Å². The van der Waals surface area contributed by atoms with E-state index < -0.39 is 17.4 Å². The Hall–Kier alpha value is -2.96. The highest BCUT2D eigenvalue weighted by Gasteiger charge is 2.36. The van der Waals surface area contributed by atoms with E-state index >= 15 is 0 Å². The highest BCUT2D eigenvalue weighted by Crippen LogP contribution is 2.33. The first kappa shape index (κ1) is 25.7. The number of thiophene rings is 1. The third kappa shape index (κ3) is 5.51. The van der Waals surface area contributed by atoms with Crippen LogP contribution in [0.15, 0.2) is 57.8 Å². The Bertz CT molecular complexity index is 1490. The van der Waals surface area contributed by atoms with E-state index in [4.69, 9.17) is 32.7 Å². The Labute approximate surface area is 233 Å². The van der Waals surface area contributed by atoms with Gasteiger partial charge in [-0.1, -0.05) is 23.2 Å². The second-order valence-corrected chi connectivity index (χ2v) is 10.9. The highest BCUT2D eigenvalue weighted by molar-refractivity contribution is 9.10. The summed E-state index contributed by atoms with van der Waals surface area (Å²) in [6, 6.07) is 9.62. The van der Waals surface area contributed by atoms with E-state index in [2.05, 4.69) is 36.6 Å². The van der Waals surface area contributed by atoms with E-state index in [1.54, 1.807) is 29.6 Å². The lowest BCUT2D eigenvalue weighted by Gasteiger charge is -2.38. The van der Waals surface area contributed by atoms with Crippen molar-refractivity contribution in [3.8, 4) is 17.4 Å². The predicted molar refractivity (Wildman–Crippen MR) is 145 cm³/mol. The maximum atomic E-state index is 13.6. The molecule has 190 valence electrons. The standard InChI is InChI=1S/C24H18BrCl2N5O4S/c1-24(11-35-12-24)30-22(33)15-7-13(26)8-16(25)20(15)29-23(34)18-9-19(36-14-4-6-37-10-14)31-32(18)21-17(27)3-2-5-28-21/h2-10H,11-12H2,1H3,(H,29,34)(H,30,33). The van der Waals surface area contributed by atoms with Crippen LogP contribution in [0.4, 0.5) is 5.69 Å².